The van der Waals surface area contributed by atoms with Gasteiger partial charge < -0.3 is 0 Å². The molecular formula is C13H23NO. The molecule has 0 bridgehead atoms. The van der Waals surface area contributed by atoms with Crippen LogP contribution < -0.4 is 0 Å². The van der Waals surface area contributed by atoms with Crippen molar-refractivity contribution in [2.45, 2.75) is 57.9 Å². The van der Waals surface area contributed by atoms with Crippen molar-refractivity contribution in [1.82, 2.24) is 4.90 Å². The number of hydrogen-bond acceptors (Lipinski definition) is 2. The summed E-state index contributed by atoms with van der Waals surface area (Å²) in [6.45, 7) is 4.05. The number of Topliss-reactive ketones (excluding diaryl/α,β-unsaturated/α-hetero) is 1. The molecule has 1 aliphatic heterocycles. The summed E-state index contributed by atoms with van der Waals surface area (Å²) in [6, 6.07) is 0.726. The molecule has 1 heterocycles. The molecule has 1 saturated heterocycles. The number of carbonyl (C=O) groups is 1. The molecule has 0 aromatic heterocycles. The number of rotatable bonds is 3. The van der Waals surface area contributed by atoms with Crippen molar-refractivity contribution in [2.75, 3.05) is 13.1 Å². The largest absolute Gasteiger partial charge is 0.298 e. The lowest BCUT2D eigenvalue weighted by Crippen LogP contribution is -2.36. The van der Waals surface area contributed by atoms with Crippen LogP contribution in [0.3, 0.4) is 0 Å². The minimum atomic E-state index is 0.450. The van der Waals surface area contributed by atoms with Gasteiger partial charge in [0.2, 0.25) is 0 Å². The molecule has 0 atom stereocenters. The summed E-state index contributed by atoms with van der Waals surface area (Å²) in [5.41, 5.74) is 0. The Morgan fingerprint density at radius 1 is 1.27 bits per heavy atom. The lowest BCUT2D eigenvalue weighted by atomic mass is 9.83. The average Bonchev–Trinajstić information content (AvgIpc) is 2.67. The first kappa shape index (κ1) is 11.1. The predicted octanol–water partition coefficient (Wildman–Crippen LogP) is 2.62. The maximum atomic E-state index is 11.2. The van der Waals surface area contributed by atoms with Crippen molar-refractivity contribution in [2.24, 2.45) is 5.92 Å². The maximum absolute atomic E-state index is 11.2. The van der Waals surface area contributed by atoms with Crippen LogP contribution in [-0.2, 0) is 4.79 Å². The zero-order chi connectivity index (χ0) is 10.7. The molecule has 1 saturated carbocycles. The minimum absolute atomic E-state index is 0.450. The van der Waals surface area contributed by atoms with Crippen LogP contribution in [0.15, 0.2) is 0 Å². The fourth-order valence-corrected chi connectivity index (χ4v) is 3.17. The minimum Gasteiger partial charge on any atom is -0.298 e. The summed E-state index contributed by atoms with van der Waals surface area (Å²) >= 11 is 0. The first-order valence-electron chi connectivity index (χ1n) is 6.55. The van der Waals surface area contributed by atoms with Crippen LogP contribution in [0.4, 0.5) is 0 Å². The van der Waals surface area contributed by atoms with Gasteiger partial charge in [-0.25, -0.2) is 0 Å². The number of carbonyl (C=O) groups excluding carboxylic acids is 1. The monoisotopic (exact) mass is 209 g/mol. The van der Waals surface area contributed by atoms with E-state index in [1.165, 1.54) is 38.5 Å². The van der Waals surface area contributed by atoms with E-state index in [1.54, 1.807) is 0 Å². The lowest BCUT2D eigenvalue weighted by molar-refractivity contribution is -0.117. The van der Waals surface area contributed by atoms with Crippen LogP contribution in [0.2, 0.25) is 0 Å². The van der Waals surface area contributed by atoms with E-state index < -0.39 is 0 Å². The molecular weight excluding hydrogens is 186 g/mol. The molecule has 2 aliphatic rings. The van der Waals surface area contributed by atoms with Gasteiger partial charge in [-0.05, 0) is 31.6 Å². The molecule has 0 aromatic carbocycles. The van der Waals surface area contributed by atoms with Gasteiger partial charge in [0.25, 0.3) is 0 Å². The molecule has 0 spiro atoms. The third-order valence-corrected chi connectivity index (χ3v) is 4.09. The van der Waals surface area contributed by atoms with E-state index in [-0.39, 0.29) is 0 Å². The van der Waals surface area contributed by atoms with Crippen LogP contribution in [0.5, 0.6) is 0 Å². The molecule has 0 N–H and O–H groups in total. The summed E-state index contributed by atoms with van der Waals surface area (Å²) in [6.07, 6.45) is 8.99. The summed E-state index contributed by atoms with van der Waals surface area (Å²) < 4.78 is 0. The van der Waals surface area contributed by atoms with Crippen molar-refractivity contribution in [3.63, 3.8) is 0 Å². The van der Waals surface area contributed by atoms with Gasteiger partial charge in [-0.1, -0.05) is 19.8 Å². The molecule has 0 radical (unpaired) electrons. The van der Waals surface area contributed by atoms with Crippen LogP contribution in [0.25, 0.3) is 0 Å². The van der Waals surface area contributed by atoms with Gasteiger partial charge in [-0.2, -0.15) is 0 Å². The van der Waals surface area contributed by atoms with Gasteiger partial charge in [-0.3, -0.25) is 9.69 Å². The van der Waals surface area contributed by atoms with Crippen molar-refractivity contribution in [3.8, 4) is 0 Å². The third-order valence-electron chi connectivity index (χ3n) is 4.09. The van der Waals surface area contributed by atoms with Gasteiger partial charge in [0.1, 0.15) is 5.78 Å². The van der Waals surface area contributed by atoms with Gasteiger partial charge in [-0.15, -0.1) is 0 Å². The Balaban J connectivity index is 1.75. The summed E-state index contributed by atoms with van der Waals surface area (Å²) in [7, 11) is 0. The van der Waals surface area contributed by atoms with Crippen LogP contribution in [0.1, 0.15) is 51.9 Å². The summed E-state index contributed by atoms with van der Waals surface area (Å²) in [5, 5.41) is 0. The van der Waals surface area contributed by atoms with Gasteiger partial charge in [0, 0.05) is 19.0 Å². The highest BCUT2D eigenvalue weighted by molar-refractivity contribution is 5.82. The zero-order valence-electron chi connectivity index (χ0n) is 9.87. The van der Waals surface area contributed by atoms with Gasteiger partial charge >= 0.3 is 0 Å². The Bertz CT molecular complexity index is 219. The van der Waals surface area contributed by atoms with E-state index in [4.69, 9.17) is 0 Å². The van der Waals surface area contributed by atoms with E-state index >= 15 is 0 Å². The van der Waals surface area contributed by atoms with Crippen molar-refractivity contribution < 1.29 is 4.79 Å². The normalized spacial score (nSPS) is 33.5. The van der Waals surface area contributed by atoms with Crippen molar-refractivity contribution >= 4 is 5.78 Å². The highest BCUT2D eigenvalue weighted by Crippen LogP contribution is 2.31. The molecule has 2 rings (SSSR count). The van der Waals surface area contributed by atoms with Crippen LogP contribution in [0, 0.1) is 5.92 Å². The van der Waals surface area contributed by atoms with E-state index in [1.807, 2.05) is 0 Å². The summed E-state index contributed by atoms with van der Waals surface area (Å²) in [5.74, 6) is 1.43. The first-order valence-corrected chi connectivity index (χ1v) is 6.55. The second kappa shape index (κ2) is 5.11. The second-order valence-electron chi connectivity index (χ2n) is 5.22. The topological polar surface area (TPSA) is 20.3 Å². The molecule has 0 amide bonds. The fourth-order valence-electron chi connectivity index (χ4n) is 3.17. The third kappa shape index (κ3) is 2.81. The Hall–Kier alpha value is -0.370. The van der Waals surface area contributed by atoms with E-state index in [0.29, 0.717) is 5.78 Å². The average molecular weight is 209 g/mol. The molecule has 2 nitrogen and oxygen atoms in total. The van der Waals surface area contributed by atoms with Gasteiger partial charge in [0.05, 0.1) is 6.54 Å². The molecule has 86 valence electrons. The van der Waals surface area contributed by atoms with Crippen LogP contribution >= 0.6 is 0 Å². The Morgan fingerprint density at radius 2 is 2.00 bits per heavy atom. The number of likely N-dealkylation sites (tertiary alicyclic amines) is 1. The zero-order valence-corrected chi connectivity index (χ0v) is 9.87. The molecule has 2 fully saturated rings. The molecule has 0 aromatic rings. The van der Waals surface area contributed by atoms with Gasteiger partial charge in [0.15, 0.2) is 0 Å². The van der Waals surface area contributed by atoms with E-state index in [9.17, 15) is 4.79 Å². The number of ketones is 1. The van der Waals surface area contributed by atoms with E-state index in [0.717, 1.165) is 31.5 Å². The lowest BCUT2D eigenvalue weighted by Gasteiger charge is -2.34. The Kier molecular flexibility index (Phi) is 3.79. The fraction of sp³-hybridized carbons (Fsp3) is 0.923. The first-order chi connectivity index (χ1) is 7.29. The summed E-state index contributed by atoms with van der Waals surface area (Å²) in [4.78, 5) is 13.6. The Morgan fingerprint density at radius 3 is 2.53 bits per heavy atom. The smallest absolute Gasteiger partial charge is 0.148 e. The maximum Gasteiger partial charge on any atom is 0.148 e. The van der Waals surface area contributed by atoms with Crippen molar-refractivity contribution in [1.29, 1.82) is 0 Å². The number of hydrogen-bond donors (Lipinski definition) is 0. The van der Waals surface area contributed by atoms with E-state index in [2.05, 4.69) is 11.8 Å². The highest BCUT2D eigenvalue weighted by Gasteiger charge is 2.29. The Labute approximate surface area is 93.0 Å². The predicted molar refractivity (Wildman–Crippen MR) is 61.9 cm³/mol. The quantitative estimate of drug-likeness (QED) is 0.712. The SMILES string of the molecule is CCCC1CCC(N2CCC(=O)C2)CC1. The number of nitrogens with zero attached hydrogens (tertiary/aromatic N) is 1. The molecule has 2 heteroatoms. The molecule has 15 heavy (non-hydrogen) atoms. The molecule has 0 unspecified atom stereocenters. The second-order valence-corrected chi connectivity index (χ2v) is 5.22. The standard InChI is InChI=1S/C13H23NO/c1-2-3-11-4-6-12(7-5-11)14-9-8-13(15)10-14/h11-12H,2-10H2,1H3. The highest BCUT2D eigenvalue weighted by atomic mass is 16.1. The molecule has 1 aliphatic carbocycles. The van der Waals surface area contributed by atoms with Crippen LogP contribution in [-0.4, -0.2) is 29.8 Å². The van der Waals surface area contributed by atoms with Crippen molar-refractivity contribution in [3.05, 3.63) is 0 Å².